The van der Waals surface area contributed by atoms with Gasteiger partial charge in [0.1, 0.15) is 0 Å². The van der Waals surface area contributed by atoms with Gasteiger partial charge in [-0.1, -0.05) is 49.4 Å². The Morgan fingerprint density at radius 1 is 0.976 bits per heavy atom. The standard InChI is InChI=1S/C33H34N4O5/c1-2-14-42-33(40)23-9-11-27-28(18-23)35-32(39)30(27)31(22-6-4-3-5-7-22)34-26-10-8-24-19-37(20-25(24)17-26)29(38)21-36-12-15-41-16-13-36/h3-11,17-18,35,39H,2,12-16,19-21H2,1H3. The molecule has 1 fully saturated rings. The molecule has 4 aromatic rings. The number of aromatic nitrogens is 1. The molecule has 1 saturated heterocycles. The van der Waals surface area contributed by atoms with Crippen molar-refractivity contribution in [2.24, 2.45) is 4.99 Å². The van der Waals surface area contributed by atoms with Crippen molar-refractivity contribution in [1.29, 1.82) is 0 Å². The molecule has 3 heterocycles. The number of rotatable bonds is 8. The summed E-state index contributed by atoms with van der Waals surface area (Å²) < 4.78 is 10.7. The van der Waals surface area contributed by atoms with E-state index in [0.717, 1.165) is 47.3 Å². The Morgan fingerprint density at radius 3 is 2.55 bits per heavy atom. The molecule has 216 valence electrons. The number of esters is 1. The van der Waals surface area contributed by atoms with Gasteiger partial charge in [0.15, 0.2) is 5.88 Å². The number of hydrogen-bond acceptors (Lipinski definition) is 7. The summed E-state index contributed by atoms with van der Waals surface area (Å²) >= 11 is 0. The first-order valence-corrected chi connectivity index (χ1v) is 14.4. The van der Waals surface area contributed by atoms with Crippen molar-refractivity contribution >= 4 is 34.2 Å². The number of nitrogens with one attached hydrogen (secondary N) is 1. The van der Waals surface area contributed by atoms with Crippen LogP contribution in [0.5, 0.6) is 5.88 Å². The lowest BCUT2D eigenvalue weighted by atomic mass is 10.00. The van der Waals surface area contributed by atoms with Gasteiger partial charge in [-0.25, -0.2) is 9.79 Å². The van der Waals surface area contributed by atoms with E-state index < -0.39 is 5.97 Å². The maximum atomic E-state index is 13.0. The molecule has 1 amide bonds. The molecule has 2 aliphatic heterocycles. The summed E-state index contributed by atoms with van der Waals surface area (Å²) in [4.78, 5) is 37.5. The fraction of sp³-hybridized carbons (Fsp3) is 0.303. The van der Waals surface area contributed by atoms with E-state index in [4.69, 9.17) is 14.5 Å². The van der Waals surface area contributed by atoms with Crippen LogP contribution in [0.15, 0.2) is 71.7 Å². The van der Waals surface area contributed by atoms with Gasteiger partial charge in [0, 0.05) is 42.6 Å². The monoisotopic (exact) mass is 566 g/mol. The Bertz CT molecular complexity index is 1640. The van der Waals surface area contributed by atoms with Gasteiger partial charge in [-0.05, 0) is 41.8 Å². The van der Waals surface area contributed by atoms with Crippen molar-refractivity contribution in [3.63, 3.8) is 0 Å². The molecule has 0 radical (unpaired) electrons. The Kier molecular flexibility index (Phi) is 8.03. The van der Waals surface area contributed by atoms with Crippen molar-refractivity contribution in [2.45, 2.75) is 26.4 Å². The highest BCUT2D eigenvalue weighted by Gasteiger charge is 2.26. The molecule has 9 nitrogen and oxygen atoms in total. The summed E-state index contributed by atoms with van der Waals surface area (Å²) in [5.41, 5.74) is 5.91. The molecule has 2 aliphatic rings. The molecule has 3 aromatic carbocycles. The number of nitrogens with zero attached hydrogens (tertiary/aromatic N) is 3. The Balaban J connectivity index is 1.31. The number of amides is 1. The third kappa shape index (κ3) is 5.79. The lowest BCUT2D eigenvalue weighted by Crippen LogP contribution is -2.43. The van der Waals surface area contributed by atoms with Crippen molar-refractivity contribution in [1.82, 2.24) is 14.8 Å². The average molecular weight is 567 g/mol. The third-order valence-electron chi connectivity index (χ3n) is 7.70. The lowest BCUT2D eigenvalue weighted by molar-refractivity contribution is -0.134. The number of aliphatic imine (C=N–C) groups is 1. The van der Waals surface area contributed by atoms with E-state index in [1.807, 2.05) is 66.4 Å². The second kappa shape index (κ2) is 12.2. The summed E-state index contributed by atoms with van der Waals surface area (Å²) in [5, 5.41) is 11.8. The summed E-state index contributed by atoms with van der Waals surface area (Å²) in [6.07, 6.45) is 0.740. The zero-order valence-corrected chi connectivity index (χ0v) is 23.6. The molecule has 42 heavy (non-hydrogen) atoms. The maximum absolute atomic E-state index is 13.0. The molecule has 0 aliphatic carbocycles. The summed E-state index contributed by atoms with van der Waals surface area (Å²) in [6.45, 7) is 6.70. The number of benzene rings is 3. The van der Waals surface area contributed by atoms with E-state index in [0.29, 0.717) is 61.8 Å². The number of carbonyl (C=O) groups is 2. The number of hydrogen-bond donors (Lipinski definition) is 2. The number of carbonyl (C=O) groups excluding carboxylic acids is 2. The van der Waals surface area contributed by atoms with Crippen LogP contribution in [0.25, 0.3) is 10.9 Å². The summed E-state index contributed by atoms with van der Waals surface area (Å²) in [5.74, 6) is -0.320. The SMILES string of the molecule is CCCOC(=O)c1ccc2c(C(=Nc3ccc4c(c3)CN(C(=O)CN3CCOCC3)C4)c3ccccc3)c(O)[nH]c2c1. The van der Waals surface area contributed by atoms with E-state index in [9.17, 15) is 14.7 Å². The zero-order valence-electron chi connectivity index (χ0n) is 23.6. The van der Waals surface area contributed by atoms with E-state index in [1.165, 1.54) is 0 Å². The van der Waals surface area contributed by atoms with Crippen LogP contribution in [0.1, 0.15) is 46.0 Å². The predicted molar refractivity (Wildman–Crippen MR) is 160 cm³/mol. The van der Waals surface area contributed by atoms with Crippen LogP contribution >= 0.6 is 0 Å². The molecule has 1 aromatic heterocycles. The average Bonchev–Trinajstić information content (AvgIpc) is 3.59. The van der Waals surface area contributed by atoms with Crippen LogP contribution in [-0.4, -0.2) is 76.9 Å². The van der Waals surface area contributed by atoms with Crippen LogP contribution in [0.4, 0.5) is 5.69 Å². The van der Waals surface area contributed by atoms with Crippen molar-refractivity contribution in [2.75, 3.05) is 39.5 Å². The quantitative estimate of drug-likeness (QED) is 0.235. The highest BCUT2D eigenvalue weighted by molar-refractivity contribution is 6.22. The Hall–Kier alpha value is -4.47. The predicted octanol–water partition coefficient (Wildman–Crippen LogP) is 4.78. The van der Waals surface area contributed by atoms with Crippen LogP contribution in [0.3, 0.4) is 0 Å². The van der Waals surface area contributed by atoms with Crippen molar-refractivity contribution in [3.8, 4) is 5.88 Å². The van der Waals surface area contributed by atoms with Gasteiger partial charge in [-0.15, -0.1) is 0 Å². The number of ether oxygens (including phenoxy) is 2. The summed E-state index contributed by atoms with van der Waals surface area (Å²) in [7, 11) is 0. The van der Waals surface area contributed by atoms with Gasteiger partial charge >= 0.3 is 5.97 Å². The van der Waals surface area contributed by atoms with Gasteiger partial charge in [0.05, 0.1) is 48.9 Å². The van der Waals surface area contributed by atoms with E-state index >= 15 is 0 Å². The lowest BCUT2D eigenvalue weighted by Gasteiger charge is -2.27. The second-order valence-corrected chi connectivity index (χ2v) is 10.7. The second-order valence-electron chi connectivity index (χ2n) is 10.7. The molecule has 0 saturated carbocycles. The topological polar surface area (TPSA) is 107 Å². The first kappa shape index (κ1) is 27.7. The minimum Gasteiger partial charge on any atom is -0.494 e. The number of H-pyrrole nitrogens is 1. The van der Waals surface area contributed by atoms with Crippen LogP contribution in [0.2, 0.25) is 0 Å². The van der Waals surface area contributed by atoms with Crippen LogP contribution in [-0.2, 0) is 27.4 Å². The number of aromatic hydroxyl groups is 1. The molecular formula is C33H34N4O5. The maximum Gasteiger partial charge on any atom is 0.338 e. The fourth-order valence-corrected chi connectivity index (χ4v) is 5.50. The highest BCUT2D eigenvalue weighted by Crippen LogP contribution is 2.33. The van der Waals surface area contributed by atoms with Crippen LogP contribution < -0.4 is 0 Å². The zero-order chi connectivity index (χ0) is 29.1. The molecule has 0 spiro atoms. The molecule has 2 N–H and O–H groups in total. The molecule has 0 unspecified atom stereocenters. The van der Waals surface area contributed by atoms with Crippen LogP contribution in [0, 0.1) is 0 Å². The van der Waals surface area contributed by atoms with Gasteiger partial charge < -0.3 is 24.5 Å². The number of aromatic amines is 1. The number of fused-ring (bicyclic) bond motifs is 2. The van der Waals surface area contributed by atoms with Gasteiger partial charge in [-0.2, -0.15) is 0 Å². The first-order chi connectivity index (χ1) is 20.5. The fourth-order valence-electron chi connectivity index (χ4n) is 5.50. The van der Waals surface area contributed by atoms with Crippen molar-refractivity contribution < 1.29 is 24.2 Å². The first-order valence-electron chi connectivity index (χ1n) is 14.4. The highest BCUT2D eigenvalue weighted by atomic mass is 16.5. The van der Waals surface area contributed by atoms with E-state index in [1.54, 1.807) is 12.1 Å². The van der Waals surface area contributed by atoms with E-state index in [-0.39, 0.29) is 11.8 Å². The molecule has 9 heteroatoms. The molecular weight excluding hydrogens is 532 g/mol. The molecule has 0 bridgehead atoms. The number of morpholine rings is 1. The van der Waals surface area contributed by atoms with Gasteiger partial charge in [0.25, 0.3) is 0 Å². The Labute approximate surface area is 244 Å². The smallest absolute Gasteiger partial charge is 0.338 e. The Morgan fingerprint density at radius 2 is 1.76 bits per heavy atom. The van der Waals surface area contributed by atoms with E-state index in [2.05, 4.69) is 9.88 Å². The largest absolute Gasteiger partial charge is 0.494 e. The van der Waals surface area contributed by atoms with Gasteiger partial charge in [-0.3, -0.25) is 9.69 Å². The normalized spacial score (nSPS) is 15.6. The minimum atomic E-state index is -0.401. The van der Waals surface area contributed by atoms with Crippen molar-refractivity contribution in [3.05, 3.63) is 94.5 Å². The summed E-state index contributed by atoms with van der Waals surface area (Å²) in [6, 6.07) is 20.9. The van der Waals surface area contributed by atoms with Gasteiger partial charge in [0.2, 0.25) is 5.91 Å². The molecule has 0 atom stereocenters. The molecule has 6 rings (SSSR count). The minimum absolute atomic E-state index is 0.0345. The third-order valence-corrected chi connectivity index (χ3v) is 7.70.